The Hall–Kier alpha value is -2.31. The highest BCUT2D eigenvalue weighted by molar-refractivity contribution is 5.85. The second kappa shape index (κ2) is 3.93. The molecule has 0 radical (unpaired) electrons. The van der Waals surface area contributed by atoms with Gasteiger partial charge in [-0.1, -0.05) is 0 Å². The van der Waals surface area contributed by atoms with E-state index in [0.29, 0.717) is 12.1 Å². The minimum atomic E-state index is -1.40. The number of nitrogens with zero attached hydrogens (tertiary/aromatic N) is 1. The number of aromatic nitrogens is 1. The lowest BCUT2D eigenvalue weighted by Crippen LogP contribution is -1.97. The van der Waals surface area contributed by atoms with Gasteiger partial charge >= 0.3 is 5.97 Å². The number of carbonyl (C=O) groups is 1. The van der Waals surface area contributed by atoms with Crippen molar-refractivity contribution in [3.63, 3.8) is 0 Å². The predicted octanol–water partition coefficient (Wildman–Crippen LogP) is 2.46. The molecular weight excluding hydrogens is 239 g/mol. The van der Waals surface area contributed by atoms with Gasteiger partial charge in [0.25, 0.3) is 0 Å². The second-order valence-corrected chi connectivity index (χ2v) is 3.09. The van der Waals surface area contributed by atoms with Crippen molar-refractivity contribution in [3.05, 3.63) is 41.5 Å². The van der Waals surface area contributed by atoms with E-state index in [2.05, 4.69) is 9.40 Å². The van der Waals surface area contributed by atoms with E-state index in [4.69, 9.17) is 5.11 Å². The number of benzene rings is 1. The molecule has 0 fully saturated rings. The molecule has 1 aromatic carbocycles. The van der Waals surface area contributed by atoms with Crippen LogP contribution in [0.1, 0.15) is 10.5 Å². The Balaban J connectivity index is 2.56. The van der Waals surface area contributed by atoms with E-state index >= 15 is 0 Å². The fourth-order valence-electron chi connectivity index (χ4n) is 1.23. The summed E-state index contributed by atoms with van der Waals surface area (Å²) in [5.41, 5.74) is -1.21. The fraction of sp³-hybridized carbons (Fsp3) is 0. The van der Waals surface area contributed by atoms with Crippen LogP contribution < -0.4 is 0 Å². The summed E-state index contributed by atoms with van der Waals surface area (Å²) < 4.78 is 43.8. The van der Waals surface area contributed by atoms with E-state index < -0.39 is 40.6 Å². The van der Waals surface area contributed by atoms with Gasteiger partial charge in [-0.2, -0.15) is 0 Å². The lowest BCUT2D eigenvalue weighted by molar-refractivity contribution is 0.0690. The molecule has 0 saturated carbocycles. The molecule has 1 aromatic heterocycles. The van der Waals surface area contributed by atoms with Crippen molar-refractivity contribution in [1.29, 1.82) is 0 Å². The fourth-order valence-corrected chi connectivity index (χ4v) is 1.23. The van der Waals surface area contributed by atoms with Crippen LogP contribution in [0.15, 0.2) is 22.8 Å². The van der Waals surface area contributed by atoms with Gasteiger partial charge in [0.15, 0.2) is 5.69 Å². The van der Waals surface area contributed by atoms with Crippen molar-refractivity contribution < 1.29 is 27.5 Å². The van der Waals surface area contributed by atoms with Crippen molar-refractivity contribution in [1.82, 2.24) is 4.98 Å². The van der Waals surface area contributed by atoms with Crippen molar-refractivity contribution in [3.8, 4) is 11.5 Å². The molecule has 17 heavy (non-hydrogen) atoms. The zero-order valence-electron chi connectivity index (χ0n) is 8.08. The van der Waals surface area contributed by atoms with Gasteiger partial charge < -0.3 is 9.52 Å². The van der Waals surface area contributed by atoms with Crippen LogP contribution in [0.2, 0.25) is 0 Å². The second-order valence-electron chi connectivity index (χ2n) is 3.09. The van der Waals surface area contributed by atoms with Crippen molar-refractivity contribution in [2.75, 3.05) is 0 Å². The van der Waals surface area contributed by atoms with Crippen LogP contribution >= 0.6 is 0 Å². The molecule has 0 unspecified atom stereocenters. The maximum absolute atomic E-state index is 13.3. The first-order chi connectivity index (χ1) is 7.99. The molecule has 1 heterocycles. The Labute approximate surface area is 92.3 Å². The van der Waals surface area contributed by atoms with Crippen LogP contribution in [0.25, 0.3) is 11.5 Å². The molecule has 2 aromatic rings. The molecule has 0 saturated heterocycles. The number of halogens is 3. The zero-order valence-corrected chi connectivity index (χ0v) is 8.08. The van der Waals surface area contributed by atoms with Crippen LogP contribution in [-0.2, 0) is 0 Å². The van der Waals surface area contributed by atoms with Crippen LogP contribution in [0, 0.1) is 17.5 Å². The molecular formula is C10H4F3NO3. The minimum Gasteiger partial charge on any atom is -0.476 e. The normalized spacial score (nSPS) is 10.5. The molecule has 2 rings (SSSR count). The van der Waals surface area contributed by atoms with Crippen molar-refractivity contribution in [2.45, 2.75) is 0 Å². The Morgan fingerprint density at radius 3 is 2.29 bits per heavy atom. The molecule has 0 atom stereocenters. The van der Waals surface area contributed by atoms with Crippen molar-refractivity contribution >= 4 is 5.97 Å². The van der Waals surface area contributed by atoms with Gasteiger partial charge in [-0.05, 0) is 0 Å². The van der Waals surface area contributed by atoms with Gasteiger partial charge in [-0.3, -0.25) is 0 Å². The SMILES string of the molecule is O=C(O)c1coc(-c2c(F)cc(F)cc2F)n1. The summed E-state index contributed by atoms with van der Waals surface area (Å²) in [6.07, 6.45) is 0.736. The van der Waals surface area contributed by atoms with Crippen LogP contribution in [0.3, 0.4) is 0 Å². The lowest BCUT2D eigenvalue weighted by Gasteiger charge is -2.00. The first-order valence-corrected chi connectivity index (χ1v) is 4.33. The quantitative estimate of drug-likeness (QED) is 0.879. The smallest absolute Gasteiger partial charge is 0.357 e. The topological polar surface area (TPSA) is 63.3 Å². The summed E-state index contributed by atoms with van der Waals surface area (Å²) in [6.45, 7) is 0. The van der Waals surface area contributed by atoms with E-state index in [1.807, 2.05) is 0 Å². The Morgan fingerprint density at radius 1 is 1.24 bits per heavy atom. The van der Waals surface area contributed by atoms with E-state index in [9.17, 15) is 18.0 Å². The highest BCUT2D eigenvalue weighted by Crippen LogP contribution is 2.26. The summed E-state index contributed by atoms with van der Waals surface area (Å²) >= 11 is 0. The molecule has 4 nitrogen and oxygen atoms in total. The van der Waals surface area contributed by atoms with Crippen molar-refractivity contribution in [2.24, 2.45) is 0 Å². The summed E-state index contributed by atoms with van der Waals surface area (Å²) in [6, 6.07) is 0.895. The minimum absolute atomic E-state index is 0.447. The van der Waals surface area contributed by atoms with Gasteiger partial charge in [0.05, 0.1) is 0 Å². The third-order valence-electron chi connectivity index (χ3n) is 1.94. The summed E-state index contributed by atoms with van der Waals surface area (Å²) in [4.78, 5) is 13.9. The maximum atomic E-state index is 13.3. The van der Waals surface area contributed by atoms with E-state index in [1.54, 1.807) is 0 Å². The number of carboxylic acids is 1. The van der Waals surface area contributed by atoms with E-state index in [-0.39, 0.29) is 0 Å². The Bertz CT molecular complexity index is 571. The monoisotopic (exact) mass is 243 g/mol. The highest BCUT2D eigenvalue weighted by Gasteiger charge is 2.20. The number of oxazole rings is 1. The maximum Gasteiger partial charge on any atom is 0.357 e. The summed E-state index contributed by atoms with van der Waals surface area (Å²) in [5.74, 6) is -5.49. The Morgan fingerprint density at radius 2 is 1.82 bits per heavy atom. The van der Waals surface area contributed by atoms with Gasteiger partial charge in [0, 0.05) is 12.1 Å². The molecule has 0 amide bonds. The number of hydrogen-bond donors (Lipinski definition) is 1. The van der Waals surface area contributed by atoms with Crippen LogP contribution in [0.4, 0.5) is 13.2 Å². The van der Waals surface area contributed by atoms with Crippen LogP contribution in [-0.4, -0.2) is 16.1 Å². The molecule has 0 aliphatic carbocycles. The third-order valence-corrected chi connectivity index (χ3v) is 1.94. The van der Waals surface area contributed by atoms with Gasteiger partial charge in [0.2, 0.25) is 5.89 Å². The largest absolute Gasteiger partial charge is 0.476 e. The number of hydrogen-bond acceptors (Lipinski definition) is 3. The third kappa shape index (κ3) is 1.99. The highest BCUT2D eigenvalue weighted by atomic mass is 19.1. The molecule has 0 aliphatic heterocycles. The molecule has 0 aliphatic rings. The standard InChI is InChI=1S/C10H4F3NO3/c11-4-1-5(12)8(6(13)2-4)9-14-7(3-17-9)10(15)16/h1-3H,(H,15,16). The number of carboxylic acid groups (broad SMARTS) is 1. The van der Waals surface area contributed by atoms with E-state index in [0.717, 1.165) is 6.26 Å². The Kier molecular flexibility index (Phi) is 2.58. The average Bonchev–Trinajstić information content (AvgIpc) is 2.65. The van der Waals surface area contributed by atoms with Gasteiger partial charge in [-0.15, -0.1) is 0 Å². The number of aromatic carboxylic acids is 1. The first-order valence-electron chi connectivity index (χ1n) is 4.33. The molecule has 88 valence electrons. The molecule has 7 heteroatoms. The zero-order chi connectivity index (χ0) is 12.6. The van der Waals surface area contributed by atoms with E-state index in [1.165, 1.54) is 0 Å². The van der Waals surface area contributed by atoms with Gasteiger partial charge in [-0.25, -0.2) is 22.9 Å². The summed E-state index contributed by atoms with van der Waals surface area (Å²) in [7, 11) is 0. The average molecular weight is 243 g/mol. The van der Waals surface area contributed by atoms with Crippen LogP contribution in [0.5, 0.6) is 0 Å². The summed E-state index contributed by atoms with van der Waals surface area (Å²) in [5, 5.41) is 8.56. The molecule has 0 bridgehead atoms. The first kappa shape index (κ1) is 11.2. The molecule has 0 spiro atoms. The lowest BCUT2D eigenvalue weighted by atomic mass is 10.2. The molecule has 1 N–H and O–H groups in total. The van der Waals surface area contributed by atoms with Gasteiger partial charge in [0.1, 0.15) is 29.3 Å². The number of rotatable bonds is 2. The predicted molar refractivity (Wildman–Crippen MR) is 48.8 cm³/mol.